The summed E-state index contributed by atoms with van der Waals surface area (Å²) >= 11 is 11.7. The first kappa shape index (κ1) is 13.9. The van der Waals surface area contributed by atoms with Crippen LogP contribution >= 0.6 is 38.9 Å². The molecule has 1 atom stereocenters. The average Bonchev–Trinajstić information content (AvgIpc) is 2.92. The van der Waals surface area contributed by atoms with E-state index in [0.717, 1.165) is 26.0 Å². The number of hydrogen-bond acceptors (Lipinski definition) is 2. The number of halogens is 2. The van der Waals surface area contributed by atoms with Gasteiger partial charge in [-0.15, -0.1) is 22.9 Å². The van der Waals surface area contributed by atoms with Crippen molar-refractivity contribution in [3.63, 3.8) is 0 Å². The van der Waals surface area contributed by atoms with Gasteiger partial charge in [0.15, 0.2) is 0 Å². The molecule has 0 spiro atoms. The predicted octanol–water partition coefficient (Wildman–Crippen LogP) is 6.00. The number of benzene rings is 2. The molecule has 102 valence electrons. The third-order valence-corrected chi connectivity index (χ3v) is 5.27. The highest BCUT2D eigenvalue weighted by Crippen LogP contribution is 2.35. The van der Waals surface area contributed by atoms with Gasteiger partial charge in [-0.3, -0.25) is 0 Å². The van der Waals surface area contributed by atoms with E-state index in [9.17, 15) is 0 Å². The lowest BCUT2D eigenvalue weighted by atomic mass is 10.0. The molecule has 0 bridgehead atoms. The molecule has 0 fully saturated rings. The number of alkyl halides is 1. The summed E-state index contributed by atoms with van der Waals surface area (Å²) < 4.78 is 6.34. The lowest BCUT2D eigenvalue weighted by Crippen LogP contribution is -1.91. The van der Waals surface area contributed by atoms with Crippen molar-refractivity contribution in [1.29, 1.82) is 0 Å². The van der Waals surface area contributed by atoms with Crippen LogP contribution in [0.15, 0.2) is 51.6 Å². The van der Waals surface area contributed by atoms with Crippen LogP contribution in [-0.4, -0.2) is 7.11 Å². The van der Waals surface area contributed by atoms with Gasteiger partial charge in [-0.2, -0.15) is 0 Å². The maximum atomic E-state index is 6.57. The highest BCUT2D eigenvalue weighted by Gasteiger charge is 2.13. The third kappa shape index (κ3) is 2.71. The van der Waals surface area contributed by atoms with Gasteiger partial charge in [-0.05, 0) is 67.5 Å². The van der Waals surface area contributed by atoms with E-state index in [2.05, 4.69) is 51.6 Å². The summed E-state index contributed by atoms with van der Waals surface area (Å²) in [6.07, 6.45) is 0. The summed E-state index contributed by atoms with van der Waals surface area (Å²) in [5.41, 5.74) is 2.23. The van der Waals surface area contributed by atoms with Crippen LogP contribution in [-0.2, 0) is 0 Å². The number of methoxy groups -OCH3 is 1. The minimum Gasteiger partial charge on any atom is -0.497 e. The average molecular weight is 368 g/mol. The van der Waals surface area contributed by atoms with Crippen LogP contribution in [0.5, 0.6) is 5.75 Å². The van der Waals surface area contributed by atoms with E-state index in [1.54, 1.807) is 18.4 Å². The Morgan fingerprint density at radius 2 is 1.80 bits per heavy atom. The SMILES string of the molecule is COc1ccc2cc(C(Cl)c3csc(Br)c3)ccc2c1. The van der Waals surface area contributed by atoms with E-state index >= 15 is 0 Å². The molecular formula is C16H12BrClOS. The number of hydrogen-bond donors (Lipinski definition) is 0. The molecule has 0 amide bonds. The van der Waals surface area contributed by atoms with Crippen molar-refractivity contribution in [3.05, 3.63) is 62.8 Å². The second-order valence-electron chi connectivity index (χ2n) is 4.52. The quantitative estimate of drug-likeness (QED) is 0.516. The number of ether oxygens (including phenoxy) is 1. The third-order valence-electron chi connectivity index (χ3n) is 3.24. The molecule has 0 saturated heterocycles. The monoisotopic (exact) mass is 366 g/mol. The number of rotatable bonds is 3. The van der Waals surface area contributed by atoms with Crippen LogP contribution < -0.4 is 4.74 Å². The van der Waals surface area contributed by atoms with Gasteiger partial charge in [0.1, 0.15) is 5.75 Å². The first-order chi connectivity index (χ1) is 9.67. The Labute approximate surface area is 135 Å². The molecule has 0 aliphatic rings. The Kier molecular flexibility index (Phi) is 4.01. The Morgan fingerprint density at radius 1 is 1.05 bits per heavy atom. The van der Waals surface area contributed by atoms with E-state index in [1.165, 1.54) is 5.39 Å². The maximum absolute atomic E-state index is 6.57. The van der Waals surface area contributed by atoms with Crippen molar-refractivity contribution in [3.8, 4) is 5.75 Å². The summed E-state index contributed by atoms with van der Waals surface area (Å²) in [7, 11) is 1.68. The van der Waals surface area contributed by atoms with Gasteiger partial charge < -0.3 is 4.74 Å². The van der Waals surface area contributed by atoms with E-state index in [4.69, 9.17) is 16.3 Å². The van der Waals surface area contributed by atoms with Crippen molar-refractivity contribution in [2.45, 2.75) is 5.38 Å². The first-order valence-electron chi connectivity index (χ1n) is 6.13. The van der Waals surface area contributed by atoms with Crippen molar-refractivity contribution < 1.29 is 4.74 Å². The van der Waals surface area contributed by atoms with Gasteiger partial charge in [-0.25, -0.2) is 0 Å². The Hall–Kier alpha value is -1.03. The lowest BCUT2D eigenvalue weighted by molar-refractivity contribution is 0.415. The molecule has 0 aliphatic carbocycles. The Bertz CT molecular complexity index is 753. The van der Waals surface area contributed by atoms with Crippen molar-refractivity contribution in [2.75, 3.05) is 7.11 Å². The summed E-state index contributed by atoms with van der Waals surface area (Å²) in [5, 5.41) is 4.29. The molecule has 1 aromatic heterocycles. The number of fused-ring (bicyclic) bond motifs is 1. The van der Waals surface area contributed by atoms with Gasteiger partial charge in [-0.1, -0.05) is 18.2 Å². The minimum atomic E-state index is -0.121. The van der Waals surface area contributed by atoms with Crippen LogP contribution in [0.4, 0.5) is 0 Å². The summed E-state index contributed by atoms with van der Waals surface area (Å²) in [4.78, 5) is 0. The van der Waals surface area contributed by atoms with Crippen LogP contribution in [0, 0.1) is 0 Å². The fourth-order valence-corrected chi connectivity index (χ4v) is 3.71. The Balaban J connectivity index is 2.00. The van der Waals surface area contributed by atoms with Gasteiger partial charge in [0.25, 0.3) is 0 Å². The van der Waals surface area contributed by atoms with Crippen molar-refractivity contribution in [1.82, 2.24) is 0 Å². The Morgan fingerprint density at radius 3 is 2.50 bits per heavy atom. The van der Waals surface area contributed by atoms with Crippen molar-refractivity contribution in [2.24, 2.45) is 0 Å². The van der Waals surface area contributed by atoms with Crippen LogP contribution in [0.25, 0.3) is 10.8 Å². The zero-order valence-corrected chi connectivity index (χ0v) is 13.9. The molecule has 3 aromatic rings. The molecule has 2 aromatic carbocycles. The van der Waals surface area contributed by atoms with Gasteiger partial charge in [0.05, 0.1) is 16.3 Å². The highest BCUT2D eigenvalue weighted by molar-refractivity contribution is 9.11. The summed E-state index contributed by atoms with van der Waals surface area (Å²) in [6.45, 7) is 0. The maximum Gasteiger partial charge on any atom is 0.119 e. The zero-order chi connectivity index (χ0) is 14.1. The second-order valence-corrected chi connectivity index (χ2v) is 7.25. The standard InChI is InChI=1S/C16H12BrClOS/c1-19-14-5-4-10-6-12(3-2-11(10)7-14)16(18)13-8-15(17)20-9-13/h2-9,16H,1H3. The van der Waals surface area contributed by atoms with E-state index < -0.39 is 0 Å². The van der Waals surface area contributed by atoms with Gasteiger partial charge in [0.2, 0.25) is 0 Å². The summed E-state index contributed by atoms with van der Waals surface area (Å²) in [6, 6.07) is 14.4. The van der Waals surface area contributed by atoms with E-state index in [1.807, 2.05) is 12.1 Å². The molecular weight excluding hydrogens is 356 g/mol. The van der Waals surface area contributed by atoms with E-state index in [-0.39, 0.29) is 5.38 Å². The molecule has 1 nitrogen and oxygen atoms in total. The van der Waals surface area contributed by atoms with E-state index in [0.29, 0.717) is 0 Å². The van der Waals surface area contributed by atoms with Gasteiger partial charge >= 0.3 is 0 Å². The molecule has 0 radical (unpaired) electrons. The lowest BCUT2D eigenvalue weighted by Gasteiger charge is -2.10. The fraction of sp³-hybridized carbons (Fsp3) is 0.125. The minimum absolute atomic E-state index is 0.121. The summed E-state index contributed by atoms with van der Waals surface area (Å²) in [5.74, 6) is 0.870. The molecule has 3 rings (SSSR count). The first-order valence-corrected chi connectivity index (χ1v) is 8.24. The van der Waals surface area contributed by atoms with Crippen LogP contribution in [0.2, 0.25) is 0 Å². The van der Waals surface area contributed by atoms with Crippen LogP contribution in [0.1, 0.15) is 16.5 Å². The molecule has 0 aliphatic heterocycles. The fourth-order valence-electron chi connectivity index (χ4n) is 2.18. The molecule has 1 unspecified atom stereocenters. The highest BCUT2D eigenvalue weighted by atomic mass is 79.9. The topological polar surface area (TPSA) is 9.23 Å². The van der Waals surface area contributed by atoms with Gasteiger partial charge in [0, 0.05) is 0 Å². The largest absolute Gasteiger partial charge is 0.497 e. The molecule has 4 heteroatoms. The predicted molar refractivity (Wildman–Crippen MR) is 90.2 cm³/mol. The molecule has 0 saturated carbocycles. The van der Waals surface area contributed by atoms with Crippen molar-refractivity contribution >= 4 is 49.6 Å². The second kappa shape index (κ2) is 5.76. The smallest absolute Gasteiger partial charge is 0.119 e. The molecule has 20 heavy (non-hydrogen) atoms. The normalized spacial score (nSPS) is 12.6. The van der Waals surface area contributed by atoms with Crippen LogP contribution in [0.3, 0.4) is 0 Å². The molecule has 0 N–H and O–H groups in total. The zero-order valence-electron chi connectivity index (χ0n) is 10.8. The molecule has 1 heterocycles. The number of thiophene rings is 1.